The first-order valence-electron chi connectivity index (χ1n) is 4.05. The SMILES string of the molecule is NC(=O)C1=NC2=CN(CO)NN2C([S])=C1. The van der Waals surface area contributed by atoms with Crippen molar-refractivity contribution in [2.45, 2.75) is 0 Å². The molecule has 1 amide bonds. The average molecular weight is 226 g/mol. The Morgan fingerprint density at radius 2 is 2.47 bits per heavy atom. The minimum atomic E-state index is -0.639. The molecule has 0 fully saturated rings. The van der Waals surface area contributed by atoms with E-state index in [0.29, 0.717) is 10.9 Å². The molecule has 0 unspecified atom stereocenters. The van der Waals surface area contributed by atoms with Gasteiger partial charge in [-0.05, 0) is 0 Å². The zero-order chi connectivity index (χ0) is 11.0. The summed E-state index contributed by atoms with van der Waals surface area (Å²) in [6, 6.07) is 0. The van der Waals surface area contributed by atoms with Crippen LogP contribution < -0.4 is 11.3 Å². The Bertz CT molecular complexity index is 402. The molecule has 79 valence electrons. The van der Waals surface area contributed by atoms with Crippen LogP contribution in [0.4, 0.5) is 0 Å². The molecule has 2 rings (SSSR count). The van der Waals surface area contributed by atoms with Crippen molar-refractivity contribution in [1.82, 2.24) is 15.6 Å². The maximum absolute atomic E-state index is 10.9. The van der Waals surface area contributed by atoms with E-state index < -0.39 is 5.91 Å². The Labute approximate surface area is 90.9 Å². The van der Waals surface area contributed by atoms with Gasteiger partial charge in [0.25, 0.3) is 5.91 Å². The Hall–Kier alpha value is -1.64. The highest BCUT2D eigenvalue weighted by Gasteiger charge is 2.27. The first kappa shape index (κ1) is 9.90. The standard InChI is InChI=1S/C7H8N5O2S/c8-7(14)4-1-6(15)12-5(9-4)2-11(3-13)10-12/h1-2,10,13H,3H2,(H2,8,14). The molecule has 0 aromatic carbocycles. The fourth-order valence-electron chi connectivity index (χ4n) is 1.18. The number of nitrogens with zero attached hydrogens (tertiary/aromatic N) is 3. The molecule has 7 nitrogen and oxygen atoms in total. The van der Waals surface area contributed by atoms with Crippen molar-refractivity contribution < 1.29 is 9.90 Å². The van der Waals surface area contributed by atoms with Gasteiger partial charge < -0.3 is 10.8 Å². The number of aliphatic imine (C=N–C) groups is 1. The van der Waals surface area contributed by atoms with E-state index in [1.54, 1.807) is 0 Å². The van der Waals surface area contributed by atoms with Crippen LogP contribution in [0.3, 0.4) is 0 Å². The highest BCUT2D eigenvalue weighted by atomic mass is 32.1. The molecule has 0 saturated heterocycles. The van der Waals surface area contributed by atoms with Crippen LogP contribution >= 0.6 is 12.6 Å². The van der Waals surface area contributed by atoms with Crippen molar-refractivity contribution in [2.24, 2.45) is 10.7 Å². The third kappa shape index (κ3) is 1.65. The molecule has 0 aromatic rings. The fourth-order valence-corrected chi connectivity index (χ4v) is 1.43. The van der Waals surface area contributed by atoms with Gasteiger partial charge in [0.05, 0.1) is 6.20 Å². The summed E-state index contributed by atoms with van der Waals surface area (Å²) in [5, 5.41) is 12.1. The predicted molar refractivity (Wildman–Crippen MR) is 54.3 cm³/mol. The van der Waals surface area contributed by atoms with Gasteiger partial charge in [-0.25, -0.2) is 10.0 Å². The van der Waals surface area contributed by atoms with E-state index in [1.165, 1.54) is 22.3 Å². The van der Waals surface area contributed by atoms with Gasteiger partial charge in [-0.2, -0.15) is 0 Å². The zero-order valence-corrected chi connectivity index (χ0v) is 8.36. The van der Waals surface area contributed by atoms with Crippen molar-refractivity contribution in [2.75, 3.05) is 6.73 Å². The largest absolute Gasteiger partial charge is 0.375 e. The van der Waals surface area contributed by atoms with Crippen LogP contribution in [0.25, 0.3) is 0 Å². The number of rotatable bonds is 2. The van der Waals surface area contributed by atoms with Crippen LogP contribution in [0.15, 0.2) is 28.1 Å². The molecule has 0 saturated carbocycles. The summed E-state index contributed by atoms with van der Waals surface area (Å²) >= 11 is 5.01. The highest BCUT2D eigenvalue weighted by molar-refractivity contribution is 7.84. The molecular formula is C7H8N5O2S. The first-order chi connectivity index (χ1) is 7.11. The van der Waals surface area contributed by atoms with Crippen molar-refractivity contribution in [3.8, 4) is 0 Å². The first-order valence-corrected chi connectivity index (χ1v) is 4.45. The van der Waals surface area contributed by atoms with Crippen molar-refractivity contribution in [3.05, 3.63) is 23.1 Å². The van der Waals surface area contributed by atoms with Crippen LogP contribution in [-0.4, -0.2) is 33.5 Å². The quantitative estimate of drug-likeness (QED) is 0.547. The molecule has 2 aliphatic heterocycles. The summed E-state index contributed by atoms with van der Waals surface area (Å²) < 4.78 is 0. The number of amides is 1. The molecule has 0 aromatic heterocycles. The third-order valence-corrected chi connectivity index (χ3v) is 2.15. The van der Waals surface area contributed by atoms with Gasteiger partial charge in [0, 0.05) is 6.08 Å². The van der Waals surface area contributed by atoms with Gasteiger partial charge in [0.15, 0.2) is 5.82 Å². The van der Waals surface area contributed by atoms with Gasteiger partial charge in [0.1, 0.15) is 17.5 Å². The summed E-state index contributed by atoms with van der Waals surface area (Å²) in [7, 11) is 0. The molecule has 0 aliphatic carbocycles. The minimum Gasteiger partial charge on any atom is -0.375 e. The summed E-state index contributed by atoms with van der Waals surface area (Å²) in [5.41, 5.74) is 7.93. The molecule has 1 radical (unpaired) electrons. The molecule has 2 heterocycles. The molecular weight excluding hydrogens is 218 g/mol. The smallest absolute Gasteiger partial charge is 0.267 e. The normalized spacial score (nSPS) is 19.4. The molecule has 8 heteroatoms. The van der Waals surface area contributed by atoms with Crippen molar-refractivity contribution >= 4 is 24.2 Å². The number of hydrogen-bond donors (Lipinski definition) is 3. The minimum absolute atomic E-state index is 0.101. The Morgan fingerprint density at radius 1 is 1.73 bits per heavy atom. The van der Waals surface area contributed by atoms with E-state index in [4.69, 9.17) is 23.5 Å². The van der Waals surface area contributed by atoms with Crippen molar-refractivity contribution in [3.63, 3.8) is 0 Å². The number of hydrogen-bond acceptors (Lipinski definition) is 6. The lowest BCUT2D eigenvalue weighted by atomic mass is 10.3. The summed E-state index contributed by atoms with van der Waals surface area (Å²) in [5.74, 6) is -0.217. The van der Waals surface area contributed by atoms with Gasteiger partial charge in [-0.15, -0.1) is 5.53 Å². The number of hydrazine groups is 2. The molecule has 4 N–H and O–H groups in total. The lowest BCUT2D eigenvalue weighted by molar-refractivity contribution is -0.111. The van der Waals surface area contributed by atoms with Gasteiger partial charge >= 0.3 is 0 Å². The van der Waals surface area contributed by atoms with Crippen molar-refractivity contribution in [1.29, 1.82) is 0 Å². The van der Waals surface area contributed by atoms with E-state index in [1.807, 2.05) is 0 Å². The molecule has 0 spiro atoms. The maximum atomic E-state index is 10.9. The van der Waals surface area contributed by atoms with Crippen LogP contribution in [0.1, 0.15) is 0 Å². The fraction of sp³-hybridized carbons (Fsp3) is 0.143. The van der Waals surface area contributed by atoms with Crippen LogP contribution in [-0.2, 0) is 4.79 Å². The number of fused-ring (bicyclic) bond motifs is 1. The predicted octanol–water partition coefficient (Wildman–Crippen LogP) is -1.25. The lowest BCUT2D eigenvalue weighted by Gasteiger charge is -2.23. The Kier molecular flexibility index (Phi) is 2.31. The molecule has 15 heavy (non-hydrogen) atoms. The number of aliphatic hydroxyl groups excluding tert-OH is 1. The van der Waals surface area contributed by atoms with E-state index in [9.17, 15) is 4.79 Å². The summed E-state index contributed by atoms with van der Waals surface area (Å²) in [6.45, 7) is -0.232. The second-order valence-corrected chi connectivity index (χ2v) is 3.30. The van der Waals surface area contributed by atoms with Gasteiger partial charge in [-0.1, -0.05) is 12.6 Å². The van der Waals surface area contributed by atoms with Crippen LogP contribution in [0.5, 0.6) is 0 Å². The maximum Gasteiger partial charge on any atom is 0.267 e. The summed E-state index contributed by atoms with van der Waals surface area (Å²) in [4.78, 5) is 14.9. The van der Waals surface area contributed by atoms with Crippen LogP contribution in [0, 0.1) is 0 Å². The second-order valence-electron chi connectivity index (χ2n) is 2.88. The number of primary amides is 1. The van der Waals surface area contributed by atoms with Gasteiger partial charge in [-0.3, -0.25) is 9.80 Å². The summed E-state index contributed by atoms with van der Waals surface area (Å²) in [6.07, 6.45) is 2.91. The Balaban J connectivity index is 2.33. The zero-order valence-electron chi connectivity index (χ0n) is 7.54. The number of carbonyl (C=O) groups excluding carboxylic acids is 1. The van der Waals surface area contributed by atoms with E-state index >= 15 is 0 Å². The number of carbonyl (C=O) groups is 1. The number of aliphatic hydroxyl groups is 1. The van der Waals surface area contributed by atoms with Gasteiger partial charge in [0.2, 0.25) is 0 Å². The van der Waals surface area contributed by atoms with Crippen LogP contribution in [0.2, 0.25) is 0 Å². The monoisotopic (exact) mass is 226 g/mol. The van der Waals surface area contributed by atoms with E-state index in [0.717, 1.165) is 0 Å². The third-order valence-electron chi connectivity index (χ3n) is 1.85. The van der Waals surface area contributed by atoms with E-state index in [2.05, 4.69) is 10.5 Å². The molecule has 0 bridgehead atoms. The second kappa shape index (κ2) is 3.50. The average Bonchev–Trinajstić information content (AvgIpc) is 2.61. The topological polar surface area (TPSA) is 94.2 Å². The number of nitrogens with two attached hydrogens (primary N) is 1. The molecule has 0 atom stereocenters. The number of nitrogens with one attached hydrogen (secondary N) is 1. The highest BCUT2D eigenvalue weighted by Crippen LogP contribution is 2.24. The molecule has 2 aliphatic rings. The van der Waals surface area contributed by atoms with E-state index in [-0.39, 0.29) is 12.4 Å². The Morgan fingerprint density at radius 3 is 3.07 bits per heavy atom. The lowest BCUT2D eigenvalue weighted by Crippen LogP contribution is -2.41.